The minimum Gasteiger partial charge on any atom is -0.493 e. The van der Waals surface area contributed by atoms with Gasteiger partial charge in [0.25, 0.3) is 0 Å². The third-order valence-electron chi connectivity index (χ3n) is 3.86. The van der Waals surface area contributed by atoms with E-state index in [4.69, 9.17) is 18.9 Å². The number of benzene rings is 1. The molecule has 0 aliphatic heterocycles. The van der Waals surface area contributed by atoms with Crippen LogP contribution in [0.15, 0.2) is 12.1 Å². The number of methoxy groups -OCH3 is 3. The summed E-state index contributed by atoms with van der Waals surface area (Å²) < 4.78 is 21.7. The third kappa shape index (κ3) is 3.60. The highest BCUT2D eigenvalue weighted by Gasteiger charge is 2.29. The molecule has 5 nitrogen and oxygen atoms in total. The number of nitrogens with one attached hydrogen (secondary N) is 1. The van der Waals surface area contributed by atoms with E-state index in [1.165, 1.54) is 0 Å². The van der Waals surface area contributed by atoms with Crippen LogP contribution in [0.2, 0.25) is 0 Å². The number of rotatable bonds is 8. The zero-order valence-electron chi connectivity index (χ0n) is 13.3. The summed E-state index contributed by atoms with van der Waals surface area (Å²) >= 11 is 0. The summed E-state index contributed by atoms with van der Waals surface area (Å²) in [5, 5.41) is 3.53. The van der Waals surface area contributed by atoms with Gasteiger partial charge in [0, 0.05) is 24.8 Å². The van der Waals surface area contributed by atoms with Crippen LogP contribution < -0.4 is 19.5 Å². The molecule has 1 fully saturated rings. The quantitative estimate of drug-likeness (QED) is 0.798. The van der Waals surface area contributed by atoms with Crippen molar-refractivity contribution in [3.63, 3.8) is 0 Å². The highest BCUT2D eigenvalue weighted by atomic mass is 16.5. The Morgan fingerprint density at radius 1 is 1.05 bits per heavy atom. The van der Waals surface area contributed by atoms with Crippen LogP contribution in [-0.2, 0) is 11.3 Å². The van der Waals surface area contributed by atoms with Crippen molar-refractivity contribution in [2.75, 3.05) is 27.9 Å². The molecule has 1 saturated carbocycles. The van der Waals surface area contributed by atoms with Crippen molar-refractivity contribution in [2.45, 2.75) is 38.5 Å². The molecule has 0 atom stereocenters. The highest BCUT2D eigenvalue weighted by molar-refractivity contribution is 5.55. The minimum absolute atomic E-state index is 0.416. The first kappa shape index (κ1) is 15.9. The molecule has 1 aromatic carbocycles. The third-order valence-corrected chi connectivity index (χ3v) is 3.86. The Labute approximate surface area is 126 Å². The topological polar surface area (TPSA) is 49.0 Å². The van der Waals surface area contributed by atoms with Gasteiger partial charge in [0.1, 0.15) is 0 Å². The van der Waals surface area contributed by atoms with Gasteiger partial charge in [-0.1, -0.05) is 6.07 Å². The van der Waals surface area contributed by atoms with E-state index in [2.05, 4.69) is 5.32 Å². The van der Waals surface area contributed by atoms with Crippen LogP contribution in [0.25, 0.3) is 0 Å². The predicted molar refractivity (Wildman–Crippen MR) is 81.4 cm³/mol. The molecular formula is C16H25NO4. The van der Waals surface area contributed by atoms with Gasteiger partial charge in [-0.2, -0.15) is 0 Å². The number of hydrogen-bond acceptors (Lipinski definition) is 5. The van der Waals surface area contributed by atoms with Gasteiger partial charge in [0.2, 0.25) is 5.75 Å². The van der Waals surface area contributed by atoms with Crippen LogP contribution in [0.4, 0.5) is 0 Å². The summed E-state index contributed by atoms with van der Waals surface area (Å²) in [6.45, 7) is 3.57. The molecule has 1 N–H and O–H groups in total. The van der Waals surface area contributed by atoms with E-state index >= 15 is 0 Å². The van der Waals surface area contributed by atoms with Crippen molar-refractivity contribution < 1.29 is 18.9 Å². The van der Waals surface area contributed by atoms with Crippen molar-refractivity contribution in [3.8, 4) is 17.2 Å². The highest BCUT2D eigenvalue weighted by Crippen LogP contribution is 2.39. The van der Waals surface area contributed by atoms with Gasteiger partial charge in [-0.3, -0.25) is 0 Å². The largest absolute Gasteiger partial charge is 0.493 e. The Morgan fingerprint density at radius 2 is 1.76 bits per heavy atom. The molecule has 0 amide bonds. The summed E-state index contributed by atoms with van der Waals surface area (Å²) in [5.74, 6) is 2.04. The smallest absolute Gasteiger partial charge is 0.203 e. The van der Waals surface area contributed by atoms with Gasteiger partial charge in [0.05, 0.1) is 27.4 Å². The first-order chi connectivity index (χ1) is 10.2. The second-order valence-corrected chi connectivity index (χ2v) is 5.12. The van der Waals surface area contributed by atoms with Crippen LogP contribution in [0.1, 0.15) is 25.3 Å². The lowest BCUT2D eigenvalue weighted by atomic mass is 9.89. The van der Waals surface area contributed by atoms with Crippen molar-refractivity contribution in [1.29, 1.82) is 0 Å². The summed E-state index contributed by atoms with van der Waals surface area (Å²) in [7, 11) is 4.89. The summed E-state index contributed by atoms with van der Waals surface area (Å²) in [6.07, 6.45) is 2.56. The fourth-order valence-electron chi connectivity index (χ4n) is 2.66. The lowest BCUT2D eigenvalue weighted by Gasteiger charge is -2.35. The van der Waals surface area contributed by atoms with E-state index in [1.54, 1.807) is 21.3 Å². The molecule has 5 heteroatoms. The Balaban J connectivity index is 1.97. The van der Waals surface area contributed by atoms with E-state index in [1.807, 2.05) is 19.1 Å². The van der Waals surface area contributed by atoms with Crippen LogP contribution in [0.5, 0.6) is 17.2 Å². The van der Waals surface area contributed by atoms with Gasteiger partial charge >= 0.3 is 0 Å². The molecule has 0 radical (unpaired) electrons. The van der Waals surface area contributed by atoms with E-state index in [0.29, 0.717) is 23.6 Å². The standard InChI is InChI=1S/C16H25NO4/c1-5-21-13-8-12(9-13)17-10-11-6-7-14(18-2)16(20-4)15(11)19-3/h6-7,12-13,17H,5,8-10H2,1-4H3. The lowest BCUT2D eigenvalue weighted by molar-refractivity contribution is -0.0102. The number of hydrogen-bond donors (Lipinski definition) is 1. The molecule has 0 aromatic heterocycles. The van der Waals surface area contributed by atoms with Gasteiger partial charge in [0.15, 0.2) is 11.5 Å². The SMILES string of the molecule is CCOC1CC(NCc2ccc(OC)c(OC)c2OC)C1. The Hall–Kier alpha value is -1.46. The Morgan fingerprint density at radius 3 is 2.33 bits per heavy atom. The maximum atomic E-state index is 5.57. The monoisotopic (exact) mass is 295 g/mol. The summed E-state index contributed by atoms with van der Waals surface area (Å²) in [5.41, 5.74) is 1.06. The van der Waals surface area contributed by atoms with Crippen LogP contribution in [-0.4, -0.2) is 40.1 Å². The molecule has 118 valence electrons. The maximum Gasteiger partial charge on any atom is 0.203 e. The van der Waals surface area contributed by atoms with Gasteiger partial charge in [-0.25, -0.2) is 0 Å². The maximum absolute atomic E-state index is 5.57. The second kappa shape index (κ2) is 7.52. The molecule has 0 unspecified atom stereocenters. The Kier molecular flexibility index (Phi) is 5.70. The van der Waals surface area contributed by atoms with E-state index in [9.17, 15) is 0 Å². The lowest BCUT2D eigenvalue weighted by Crippen LogP contribution is -2.45. The van der Waals surface area contributed by atoms with Gasteiger partial charge in [-0.15, -0.1) is 0 Å². The Bertz CT molecular complexity index is 458. The number of ether oxygens (including phenoxy) is 4. The average molecular weight is 295 g/mol. The molecule has 21 heavy (non-hydrogen) atoms. The van der Waals surface area contributed by atoms with Gasteiger partial charge in [-0.05, 0) is 25.8 Å². The average Bonchev–Trinajstić information content (AvgIpc) is 2.48. The fourth-order valence-corrected chi connectivity index (χ4v) is 2.66. The summed E-state index contributed by atoms with van der Waals surface area (Å²) in [4.78, 5) is 0. The van der Waals surface area contributed by atoms with Crippen molar-refractivity contribution in [2.24, 2.45) is 0 Å². The molecular weight excluding hydrogens is 270 g/mol. The molecule has 2 rings (SSSR count). The molecule has 1 aliphatic carbocycles. The van der Waals surface area contributed by atoms with E-state index < -0.39 is 0 Å². The van der Waals surface area contributed by atoms with Crippen LogP contribution in [0.3, 0.4) is 0 Å². The van der Waals surface area contributed by atoms with Crippen molar-refractivity contribution >= 4 is 0 Å². The fraction of sp³-hybridized carbons (Fsp3) is 0.625. The molecule has 0 bridgehead atoms. The first-order valence-electron chi connectivity index (χ1n) is 7.36. The van der Waals surface area contributed by atoms with Gasteiger partial charge < -0.3 is 24.3 Å². The zero-order chi connectivity index (χ0) is 15.2. The summed E-state index contributed by atoms with van der Waals surface area (Å²) in [6, 6.07) is 4.42. The van der Waals surface area contributed by atoms with Crippen LogP contribution >= 0.6 is 0 Å². The minimum atomic E-state index is 0.416. The molecule has 1 aliphatic rings. The van der Waals surface area contributed by atoms with E-state index in [-0.39, 0.29) is 0 Å². The molecule has 0 spiro atoms. The zero-order valence-corrected chi connectivity index (χ0v) is 13.3. The molecule has 1 aromatic rings. The predicted octanol–water partition coefficient (Wildman–Crippen LogP) is 2.37. The first-order valence-corrected chi connectivity index (χ1v) is 7.36. The van der Waals surface area contributed by atoms with Crippen LogP contribution in [0, 0.1) is 0 Å². The van der Waals surface area contributed by atoms with E-state index in [0.717, 1.165) is 37.3 Å². The normalized spacial score (nSPS) is 20.8. The second-order valence-electron chi connectivity index (χ2n) is 5.12. The molecule has 0 heterocycles. The van der Waals surface area contributed by atoms with Crippen molar-refractivity contribution in [1.82, 2.24) is 5.32 Å². The molecule has 0 saturated heterocycles. The van der Waals surface area contributed by atoms with Crippen molar-refractivity contribution in [3.05, 3.63) is 17.7 Å².